The molecule has 1 aromatic heterocycles. The fourth-order valence-corrected chi connectivity index (χ4v) is 3.85. The Morgan fingerprint density at radius 3 is 2.40 bits per heavy atom. The van der Waals surface area contributed by atoms with Crippen LogP contribution in [0.4, 0.5) is 26.3 Å². The third-order valence-corrected chi connectivity index (χ3v) is 5.84. The fourth-order valence-electron chi connectivity index (χ4n) is 3.73. The minimum atomic E-state index is -5.03. The highest BCUT2D eigenvalue weighted by Gasteiger charge is 2.39. The third kappa shape index (κ3) is 8.30. The van der Waals surface area contributed by atoms with Gasteiger partial charge in [-0.25, -0.2) is 9.48 Å². The van der Waals surface area contributed by atoms with Gasteiger partial charge in [0.25, 0.3) is 0 Å². The molecule has 0 spiro atoms. The lowest BCUT2D eigenvalue weighted by atomic mass is 10.0. The van der Waals surface area contributed by atoms with Crippen LogP contribution in [0, 0.1) is 0 Å². The van der Waals surface area contributed by atoms with Gasteiger partial charge in [-0.2, -0.15) is 26.3 Å². The SMILES string of the molecule is NCOCC(Cc1cccc(C(F)(F)F)c1)NC(=O)Cn1nc(-c2ccc(Cl)cc2)n(C[C@H](O)C(F)(F)F)c1=O. The Balaban J connectivity index is 1.85. The number of nitrogens with zero attached hydrogens (tertiary/aromatic N) is 3. The second-order valence-electron chi connectivity index (χ2n) is 8.64. The van der Waals surface area contributed by atoms with Gasteiger partial charge in [-0.3, -0.25) is 9.36 Å². The zero-order valence-electron chi connectivity index (χ0n) is 20.5. The molecule has 0 aliphatic rings. The van der Waals surface area contributed by atoms with Crippen LogP contribution in [0.25, 0.3) is 11.4 Å². The quantitative estimate of drug-likeness (QED) is 0.231. The van der Waals surface area contributed by atoms with Crippen LogP contribution in [-0.4, -0.2) is 57.0 Å². The van der Waals surface area contributed by atoms with E-state index in [1.54, 1.807) is 0 Å². The van der Waals surface area contributed by atoms with Crippen molar-refractivity contribution < 1.29 is 41.0 Å². The van der Waals surface area contributed by atoms with E-state index in [0.29, 0.717) is 14.3 Å². The van der Waals surface area contributed by atoms with Crippen LogP contribution >= 0.6 is 11.6 Å². The Hall–Kier alpha value is -3.40. The minimum Gasteiger partial charge on any atom is -0.382 e. The number of nitrogens with two attached hydrogens (primary N) is 1. The first kappa shape index (κ1) is 31.1. The van der Waals surface area contributed by atoms with E-state index < -0.39 is 54.7 Å². The molecule has 1 heterocycles. The maximum Gasteiger partial charge on any atom is 0.416 e. The zero-order chi connectivity index (χ0) is 29.7. The number of rotatable bonds is 11. The van der Waals surface area contributed by atoms with Gasteiger partial charge >= 0.3 is 18.0 Å². The number of aliphatic hydroxyl groups is 1. The first-order valence-electron chi connectivity index (χ1n) is 11.6. The van der Waals surface area contributed by atoms with Gasteiger partial charge < -0.3 is 20.9 Å². The van der Waals surface area contributed by atoms with E-state index in [1.807, 2.05) is 0 Å². The topological polar surface area (TPSA) is 124 Å². The molecule has 16 heteroatoms. The lowest BCUT2D eigenvalue weighted by Gasteiger charge is -2.19. The molecule has 0 saturated carbocycles. The van der Waals surface area contributed by atoms with Crippen LogP contribution in [0.3, 0.4) is 0 Å². The maximum absolute atomic E-state index is 13.1. The lowest BCUT2D eigenvalue weighted by molar-refractivity contribution is -0.207. The molecule has 3 rings (SSSR count). The van der Waals surface area contributed by atoms with Crippen molar-refractivity contribution >= 4 is 17.5 Å². The molecular formula is C24H24ClF6N5O4. The Bertz CT molecular complexity index is 1360. The molecule has 40 heavy (non-hydrogen) atoms. The molecule has 2 atom stereocenters. The first-order valence-corrected chi connectivity index (χ1v) is 12.0. The van der Waals surface area contributed by atoms with Crippen molar-refractivity contribution in [2.24, 2.45) is 5.73 Å². The molecule has 9 nitrogen and oxygen atoms in total. The number of nitrogens with one attached hydrogen (secondary N) is 1. The van der Waals surface area contributed by atoms with Crippen molar-refractivity contribution in [2.75, 3.05) is 13.3 Å². The summed E-state index contributed by atoms with van der Waals surface area (Å²) in [6, 6.07) is 9.16. The number of ether oxygens (including phenoxy) is 1. The number of hydrogen-bond acceptors (Lipinski definition) is 6. The zero-order valence-corrected chi connectivity index (χ0v) is 21.3. The van der Waals surface area contributed by atoms with Gasteiger partial charge in [-0.05, 0) is 42.3 Å². The summed E-state index contributed by atoms with van der Waals surface area (Å²) in [4.78, 5) is 25.7. The molecule has 0 aliphatic carbocycles. The average Bonchev–Trinajstić information content (AvgIpc) is 3.16. The summed E-state index contributed by atoms with van der Waals surface area (Å²) in [5, 5.41) is 16.4. The molecule has 1 unspecified atom stereocenters. The van der Waals surface area contributed by atoms with Gasteiger partial charge in [0, 0.05) is 10.6 Å². The van der Waals surface area contributed by atoms with Gasteiger partial charge in [0.15, 0.2) is 11.9 Å². The van der Waals surface area contributed by atoms with Crippen LogP contribution in [0.5, 0.6) is 0 Å². The van der Waals surface area contributed by atoms with Gasteiger partial charge in [0.2, 0.25) is 5.91 Å². The fraction of sp³-hybridized carbons (Fsp3) is 0.375. The van der Waals surface area contributed by atoms with Crippen molar-refractivity contribution in [3.05, 3.63) is 75.2 Å². The summed E-state index contributed by atoms with van der Waals surface area (Å²) < 4.78 is 84.6. The maximum atomic E-state index is 13.1. The number of halogens is 7. The van der Waals surface area contributed by atoms with Gasteiger partial charge in [0.1, 0.15) is 6.54 Å². The largest absolute Gasteiger partial charge is 0.416 e. The smallest absolute Gasteiger partial charge is 0.382 e. The van der Waals surface area contributed by atoms with E-state index in [-0.39, 0.29) is 36.7 Å². The molecule has 1 amide bonds. The van der Waals surface area contributed by atoms with Crippen molar-refractivity contribution in [3.8, 4) is 11.4 Å². The normalized spacial score (nSPS) is 13.7. The second kappa shape index (κ2) is 12.8. The number of carbonyl (C=O) groups excluding carboxylic acids is 1. The van der Waals surface area contributed by atoms with E-state index in [0.717, 1.165) is 12.1 Å². The van der Waals surface area contributed by atoms with Crippen molar-refractivity contribution in [1.82, 2.24) is 19.7 Å². The van der Waals surface area contributed by atoms with Gasteiger partial charge in [-0.15, -0.1) is 5.10 Å². The van der Waals surface area contributed by atoms with Crippen LogP contribution < -0.4 is 16.7 Å². The molecule has 4 N–H and O–H groups in total. The summed E-state index contributed by atoms with van der Waals surface area (Å²) >= 11 is 5.85. The highest BCUT2D eigenvalue weighted by atomic mass is 35.5. The summed E-state index contributed by atoms with van der Waals surface area (Å²) in [5.41, 5.74) is 3.75. The molecular weight excluding hydrogens is 572 g/mol. The number of benzene rings is 2. The van der Waals surface area contributed by atoms with Gasteiger partial charge in [-0.1, -0.05) is 29.8 Å². The number of alkyl halides is 6. The first-order chi connectivity index (χ1) is 18.7. The minimum absolute atomic E-state index is 0.0905. The summed E-state index contributed by atoms with van der Waals surface area (Å²) in [6.07, 6.45) is -12.6. The lowest BCUT2D eigenvalue weighted by Crippen LogP contribution is -2.43. The highest BCUT2D eigenvalue weighted by Crippen LogP contribution is 2.30. The molecule has 0 radical (unpaired) electrons. The van der Waals surface area contributed by atoms with Crippen LogP contribution in [0.15, 0.2) is 53.3 Å². The second-order valence-corrected chi connectivity index (χ2v) is 9.08. The predicted octanol–water partition coefficient (Wildman–Crippen LogP) is 2.97. The van der Waals surface area contributed by atoms with E-state index in [1.165, 1.54) is 36.4 Å². The van der Waals surface area contributed by atoms with Crippen LogP contribution in [0.2, 0.25) is 5.02 Å². The van der Waals surface area contributed by atoms with E-state index in [4.69, 9.17) is 22.1 Å². The molecule has 3 aromatic rings. The van der Waals surface area contributed by atoms with Crippen LogP contribution in [0.1, 0.15) is 11.1 Å². The molecule has 2 aromatic carbocycles. The number of hydrogen-bond donors (Lipinski definition) is 3. The van der Waals surface area contributed by atoms with E-state index >= 15 is 0 Å². The molecule has 0 fully saturated rings. The van der Waals surface area contributed by atoms with Crippen molar-refractivity contribution in [1.29, 1.82) is 0 Å². The highest BCUT2D eigenvalue weighted by molar-refractivity contribution is 6.30. The summed E-state index contributed by atoms with van der Waals surface area (Å²) in [5.74, 6) is -1.09. The van der Waals surface area contributed by atoms with Crippen molar-refractivity contribution in [2.45, 2.75) is 44.0 Å². The number of aliphatic hydroxyl groups excluding tert-OH is 1. The monoisotopic (exact) mass is 595 g/mol. The molecule has 0 bridgehead atoms. The summed E-state index contributed by atoms with van der Waals surface area (Å²) in [6.45, 7) is -2.37. The standard InChI is InChI=1S/C24H24ClF6N5O4/c25-17-6-4-15(5-7-17)21-34-36(22(39)35(21)10-19(37)24(29,30)31)11-20(38)33-18(12-40-13-32)9-14-2-1-3-16(8-14)23(26,27)28/h1-8,18-19,37H,9-13,32H2,(H,33,38)/t18?,19-/m0/s1. The summed E-state index contributed by atoms with van der Waals surface area (Å²) in [7, 11) is 0. The number of aromatic nitrogens is 3. The predicted molar refractivity (Wildman–Crippen MR) is 131 cm³/mol. The Labute approximate surface area is 228 Å². The average molecular weight is 596 g/mol. The Morgan fingerprint density at radius 1 is 1.12 bits per heavy atom. The van der Waals surface area contributed by atoms with E-state index in [9.17, 15) is 41.0 Å². The molecule has 0 saturated heterocycles. The third-order valence-electron chi connectivity index (χ3n) is 5.59. The van der Waals surface area contributed by atoms with Crippen molar-refractivity contribution in [3.63, 3.8) is 0 Å². The molecule has 0 aliphatic heterocycles. The number of amides is 1. The van der Waals surface area contributed by atoms with Gasteiger partial charge in [0.05, 0.1) is 31.5 Å². The molecule has 218 valence electrons. The number of carbonyl (C=O) groups is 1. The van der Waals surface area contributed by atoms with E-state index in [2.05, 4.69) is 10.4 Å². The van der Waals surface area contributed by atoms with Crippen LogP contribution in [-0.2, 0) is 35.2 Å². The Morgan fingerprint density at radius 2 is 1.80 bits per heavy atom. The Kier molecular flexibility index (Phi) is 10.00.